The van der Waals surface area contributed by atoms with E-state index in [2.05, 4.69) is 23.6 Å². The van der Waals surface area contributed by atoms with E-state index in [1.807, 2.05) is 18.2 Å². The number of anilines is 1. The van der Waals surface area contributed by atoms with Crippen LogP contribution in [0.5, 0.6) is 0 Å². The Morgan fingerprint density at radius 3 is 2.61 bits per heavy atom. The van der Waals surface area contributed by atoms with E-state index in [9.17, 15) is 0 Å². The minimum atomic E-state index is 0.579. The van der Waals surface area contributed by atoms with Gasteiger partial charge in [0.2, 0.25) is 0 Å². The highest BCUT2D eigenvalue weighted by molar-refractivity contribution is 5.54. The van der Waals surface area contributed by atoms with Crippen molar-refractivity contribution in [2.24, 2.45) is 0 Å². The lowest BCUT2D eigenvalue weighted by Gasteiger charge is -2.30. The van der Waals surface area contributed by atoms with Gasteiger partial charge in [0.15, 0.2) is 0 Å². The van der Waals surface area contributed by atoms with Gasteiger partial charge in [0.05, 0.1) is 11.6 Å². The van der Waals surface area contributed by atoms with Crippen molar-refractivity contribution in [2.75, 3.05) is 5.32 Å². The Hall–Kier alpha value is -1.53. The molecule has 2 unspecified atom stereocenters. The second-order valence-electron chi connectivity index (χ2n) is 5.59. The Bertz CT molecular complexity index is 477. The Labute approximate surface area is 108 Å². The van der Waals surface area contributed by atoms with Gasteiger partial charge in [-0.3, -0.25) is 0 Å². The monoisotopic (exact) mass is 241 g/mol. The zero-order valence-corrected chi connectivity index (χ0v) is 10.7. The number of nitriles is 1. The highest BCUT2D eigenvalue weighted by Gasteiger charge is 2.33. The molecular weight excluding hydrogens is 222 g/mol. The fourth-order valence-electron chi connectivity index (χ4n) is 3.29. The third-order valence-electron chi connectivity index (χ3n) is 4.19. The first-order valence-corrected chi connectivity index (χ1v) is 6.78. The fourth-order valence-corrected chi connectivity index (χ4v) is 3.29. The largest absolute Gasteiger partial charge is 0.382 e. The van der Waals surface area contributed by atoms with Gasteiger partial charge in [-0.25, -0.2) is 0 Å². The topological polar surface area (TPSA) is 47.9 Å². The van der Waals surface area contributed by atoms with E-state index in [1.54, 1.807) is 0 Å². The van der Waals surface area contributed by atoms with Gasteiger partial charge >= 0.3 is 0 Å². The van der Waals surface area contributed by atoms with Crippen molar-refractivity contribution in [3.05, 3.63) is 29.3 Å². The number of aryl methyl sites for hydroxylation is 1. The van der Waals surface area contributed by atoms with Gasteiger partial charge in [-0.1, -0.05) is 0 Å². The predicted octanol–water partition coefficient (Wildman–Crippen LogP) is 2.56. The first-order valence-electron chi connectivity index (χ1n) is 6.78. The smallest absolute Gasteiger partial charge is 0.0991 e. The zero-order valence-electron chi connectivity index (χ0n) is 10.7. The Kier molecular flexibility index (Phi) is 2.97. The molecular formula is C15H19N3. The quantitative estimate of drug-likeness (QED) is 0.836. The van der Waals surface area contributed by atoms with Gasteiger partial charge in [-0.15, -0.1) is 0 Å². The number of piperidine rings is 1. The summed E-state index contributed by atoms with van der Waals surface area (Å²) in [7, 11) is 0. The molecule has 0 radical (unpaired) electrons. The number of hydrogen-bond donors (Lipinski definition) is 2. The lowest BCUT2D eigenvalue weighted by Crippen LogP contribution is -2.43. The number of nitrogens with one attached hydrogen (secondary N) is 2. The number of benzene rings is 1. The Morgan fingerprint density at radius 1 is 1.28 bits per heavy atom. The van der Waals surface area contributed by atoms with Crippen LogP contribution in [0.1, 0.15) is 36.8 Å². The summed E-state index contributed by atoms with van der Waals surface area (Å²) in [5.41, 5.74) is 3.09. The van der Waals surface area contributed by atoms with E-state index in [1.165, 1.54) is 36.9 Å². The number of nitrogens with zero attached hydrogens (tertiary/aromatic N) is 1. The Morgan fingerprint density at radius 2 is 2.00 bits per heavy atom. The number of fused-ring (bicyclic) bond motifs is 2. The average Bonchev–Trinajstić information content (AvgIpc) is 2.71. The summed E-state index contributed by atoms with van der Waals surface area (Å²) in [5, 5.41) is 16.2. The molecule has 0 spiro atoms. The summed E-state index contributed by atoms with van der Waals surface area (Å²) in [6, 6.07) is 10.1. The molecule has 18 heavy (non-hydrogen) atoms. The van der Waals surface area contributed by atoms with E-state index >= 15 is 0 Å². The molecule has 2 N–H and O–H groups in total. The molecule has 0 saturated carbocycles. The summed E-state index contributed by atoms with van der Waals surface area (Å²) >= 11 is 0. The third-order valence-corrected chi connectivity index (χ3v) is 4.19. The summed E-state index contributed by atoms with van der Waals surface area (Å²) < 4.78 is 0. The van der Waals surface area contributed by atoms with Crippen LogP contribution in [0, 0.1) is 18.3 Å². The molecule has 0 aliphatic carbocycles. The van der Waals surface area contributed by atoms with Gasteiger partial charge in [0.1, 0.15) is 0 Å². The van der Waals surface area contributed by atoms with Crippen molar-refractivity contribution in [3.8, 4) is 6.07 Å². The van der Waals surface area contributed by atoms with Crippen LogP contribution in [0.25, 0.3) is 0 Å². The van der Waals surface area contributed by atoms with Crippen LogP contribution >= 0.6 is 0 Å². The lowest BCUT2D eigenvalue weighted by atomic mass is 9.99. The zero-order chi connectivity index (χ0) is 12.5. The third kappa shape index (κ3) is 2.21. The van der Waals surface area contributed by atoms with E-state index < -0.39 is 0 Å². The molecule has 2 atom stereocenters. The minimum Gasteiger partial charge on any atom is -0.382 e. The van der Waals surface area contributed by atoms with Crippen LogP contribution in [0.4, 0.5) is 5.69 Å². The summed E-state index contributed by atoms with van der Waals surface area (Å²) in [6.07, 6.45) is 5.09. The van der Waals surface area contributed by atoms with Crippen molar-refractivity contribution in [2.45, 2.75) is 50.7 Å². The van der Waals surface area contributed by atoms with Crippen molar-refractivity contribution >= 4 is 5.69 Å². The Balaban J connectivity index is 1.71. The van der Waals surface area contributed by atoms with Crippen LogP contribution in [0.3, 0.4) is 0 Å². The molecule has 2 bridgehead atoms. The maximum Gasteiger partial charge on any atom is 0.0991 e. The van der Waals surface area contributed by atoms with Crippen molar-refractivity contribution in [1.29, 1.82) is 5.26 Å². The molecule has 1 aromatic carbocycles. The molecule has 0 amide bonds. The molecule has 94 valence electrons. The van der Waals surface area contributed by atoms with Crippen LogP contribution < -0.4 is 10.6 Å². The van der Waals surface area contributed by atoms with Gasteiger partial charge in [-0.05, 0) is 56.4 Å². The molecule has 1 aromatic rings. The first-order chi connectivity index (χ1) is 8.74. The van der Waals surface area contributed by atoms with E-state index in [0.717, 1.165) is 5.56 Å². The highest BCUT2D eigenvalue weighted by Crippen LogP contribution is 2.29. The maximum atomic E-state index is 8.87. The predicted molar refractivity (Wildman–Crippen MR) is 72.5 cm³/mol. The molecule has 2 aliphatic heterocycles. The molecule has 2 aliphatic rings. The minimum absolute atomic E-state index is 0.579. The second-order valence-corrected chi connectivity index (χ2v) is 5.59. The summed E-state index contributed by atoms with van der Waals surface area (Å²) in [5.74, 6) is 0. The maximum absolute atomic E-state index is 8.87. The van der Waals surface area contributed by atoms with Crippen LogP contribution in [0.15, 0.2) is 18.2 Å². The molecule has 3 rings (SSSR count). The average molecular weight is 241 g/mol. The lowest BCUT2D eigenvalue weighted by molar-refractivity contribution is 0.378. The van der Waals surface area contributed by atoms with Crippen LogP contribution in [-0.4, -0.2) is 18.1 Å². The first kappa shape index (κ1) is 11.6. The molecule has 2 heterocycles. The molecule has 2 fully saturated rings. The standard InChI is InChI=1S/C15H19N3/c1-10-6-11(9-16)2-5-15(10)18-14-7-12-3-4-13(8-14)17-12/h2,5-6,12-14,17-18H,3-4,7-8H2,1H3. The number of rotatable bonds is 2. The molecule has 2 saturated heterocycles. The van der Waals surface area contributed by atoms with Crippen LogP contribution in [0.2, 0.25) is 0 Å². The van der Waals surface area contributed by atoms with Gasteiger partial charge in [0.25, 0.3) is 0 Å². The van der Waals surface area contributed by atoms with Gasteiger partial charge in [0, 0.05) is 23.8 Å². The van der Waals surface area contributed by atoms with Crippen molar-refractivity contribution in [1.82, 2.24) is 5.32 Å². The van der Waals surface area contributed by atoms with Crippen molar-refractivity contribution < 1.29 is 0 Å². The van der Waals surface area contributed by atoms with Gasteiger partial charge in [-0.2, -0.15) is 5.26 Å². The molecule has 3 nitrogen and oxygen atoms in total. The van der Waals surface area contributed by atoms with E-state index in [4.69, 9.17) is 5.26 Å². The second kappa shape index (κ2) is 4.62. The highest BCUT2D eigenvalue weighted by atomic mass is 15.0. The van der Waals surface area contributed by atoms with Crippen LogP contribution in [-0.2, 0) is 0 Å². The molecule has 0 aromatic heterocycles. The summed E-state index contributed by atoms with van der Waals surface area (Å²) in [4.78, 5) is 0. The normalized spacial score (nSPS) is 29.9. The fraction of sp³-hybridized carbons (Fsp3) is 0.533. The van der Waals surface area contributed by atoms with Gasteiger partial charge < -0.3 is 10.6 Å². The SMILES string of the molecule is Cc1cc(C#N)ccc1NC1CC2CCC(C1)N2. The number of hydrogen-bond acceptors (Lipinski definition) is 3. The van der Waals surface area contributed by atoms with E-state index in [-0.39, 0.29) is 0 Å². The molecule has 3 heteroatoms. The van der Waals surface area contributed by atoms with E-state index in [0.29, 0.717) is 18.1 Å². The summed E-state index contributed by atoms with van der Waals surface area (Å²) in [6.45, 7) is 2.07. The van der Waals surface area contributed by atoms with Crippen molar-refractivity contribution in [3.63, 3.8) is 0 Å².